The normalized spacial score (nSPS) is 10.9. The molecule has 0 atom stereocenters. The van der Waals surface area contributed by atoms with Crippen LogP contribution in [0, 0.1) is 5.92 Å². The van der Waals surface area contributed by atoms with Crippen molar-refractivity contribution >= 4 is 16.8 Å². The molecule has 1 heterocycles. The van der Waals surface area contributed by atoms with E-state index in [-0.39, 0.29) is 16.9 Å². The zero-order valence-corrected chi connectivity index (χ0v) is 11.4. The van der Waals surface area contributed by atoms with Crippen LogP contribution < -0.4 is 10.7 Å². The van der Waals surface area contributed by atoms with Crippen LogP contribution in [0.5, 0.6) is 0 Å². The Morgan fingerprint density at radius 2 is 2.00 bits per heavy atom. The Bertz CT molecular complexity index is 671. The molecule has 19 heavy (non-hydrogen) atoms. The summed E-state index contributed by atoms with van der Waals surface area (Å²) in [4.78, 5) is 24.3. The minimum atomic E-state index is -0.306. The third-order valence-corrected chi connectivity index (χ3v) is 3.01. The predicted molar refractivity (Wildman–Crippen MR) is 76.4 cm³/mol. The summed E-state index contributed by atoms with van der Waals surface area (Å²) >= 11 is 0. The molecule has 0 unspecified atom stereocenters. The molecule has 0 aliphatic rings. The first kappa shape index (κ1) is 13.3. The van der Waals surface area contributed by atoms with E-state index in [9.17, 15) is 9.59 Å². The van der Waals surface area contributed by atoms with Gasteiger partial charge in [-0.3, -0.25) is 9.59 Å². The molecule has 0 aliphatic carbocycles. The van der Waals surface area contributed by atoms with E-state index in [1.807, 2.05) is 33.0 Å². The van der Waals surface area contributed by atoms with E-state index in [0.29, 0.717) is 17.8 Å². The van der Waals surface area contributed by atoms with Crippen molar-refractivity contribution < 1.29 is 4.79 Å². The number of aromatic nitrogens is 1. The van der Waals surface area contributed by atoms with Gasteiger partial charge in [-0.2, -0.15) is 0 Å². The maximum absolute atomic E-state index is 12.3. The Morgan fingerprint density at radius 3 is 2.68 bits per heavy atom. The van der Waals surface area contributed by atoms with Gasteiger partial charge >= 0.3 is 0 Å². The number of nitrogens with one attached hydrogen (secondary N) is 1. The molecule has 1 amide bonds. The van der Waals surface area contributed by atoms with E-state index in [4.69, 9.17) is 0 Å². The molecule has 0 saturated carbocycles. The highest BCUT2D eigenvalue weighted by molar-refractivity contribution is 5.97. The lowest BCUT2D eigenvalue weighted by molar-refractivity contribution is 0.0947. The molecule has 4 nitrogen and oxygen atoms in total. The number of aryl methyl sites for hydroxylation is 1. The first-order valence-corrected chi connectivity index (χ1v) is 6.37. The van der Waals surface area contributed by atoms with Crippen LogP contribution in [0.2, 0.25) is 0 Å². The van der Waals surface area contributed by atoms with Crippen LogP contribution >= 0.6 is 0 Å². The van der Waals surface area contributed by atoms with E-state index < -0.39 is 0 Å². The van der Waals surface area contributed by atoms with Crippen LogP contribution in [0.4, 0.5) is 0 Å². The van der Waals surface area contributed by atoms with Crippen LogP contribution in [-0.4, -0.2) is 17.0 Å². The van der Waals surface area contributed by atoms with E-state index in [0.717, 1.165) is 5.52 Å². The summed E-state index contributed by atoms with van der Waals surface area (Å²) in [7, 11) is 1.83. The highest BCUT2D eigenvalue weighted by Crippen LogP contribution is 2.10. The number of pyridine rings is 1. The standard InChI is InChI=1S/C15H18N2O2/c1-10(2)8-16-15(19)12-9-17(3)13-7-5-4-6-11(13)14(12)18/h4-7,9-10H,8H2,1-3H3,(H,16,19). The summed E-state index contributed by atoms with van der Waals surface area (Å²) in [5.74, 6) is 0.0494. The van der Waals surface area contributed by atoms with Crippen molar-refractivity contribution in [3.63, 3.8) is 0 Å². The van der Waals surface area contributed by atoms with Gasteiger partial charge in [0.15, 0.2) is 0 Å². The number of rotatable bonds is 3. The molecule has 4 heteroatoms. The number of nitrogens with zero attached hydrogens (tertiary/aromatic N) is 1. The van der Waals surface area contributed by atoms with Crippen molar-refractivity contribution in [3.05, 3.63) is 46.2 Å². The third-order valence-electron chi connectivity index (χ3n) is 3.01. The molecular formula is C15H18N2O2. The van der Waals surface area contributed by atoms with Gasteiger partial charge in [0.25, 0.3) is 5.91 Å². The number of hydrogen-bond acceptors (Lipinski definition) is 2. The number of carbonyl (C=O) groups excluding carboxylic acids is 1. The largest absolute Gasteiger partial charge is 0.352 e. The Kier molecular flexibility index (Phi) is 3.69. The fourth-order valence-electron chi connectivity index (χ4n) is 1.99. The molecule has 100 valence electrons. The van der Waals surface area contributed by atoms with Gasteiger partial charge in [0.1, 0.15) is 5.56 Å². The molecule has 0 saturated heterocycles. The molecule has 0 fully saturated rings. The van der Waals surface area contributed by atoms with Crippen LogP contribution in [-0.2, 0) is 7.05 Å². The van der Waals surface area contributed by atoms with Crippen molar-refractivity contribution in [2.45, 2.75) is 13.8 Å². The predicted octanol–water partition coefficient (Wildman–Crippen LogP) is 1.92. The number of hydrogen-bond donors (Lipinski definition) is 1. The Labute approximate surface area is 112 Å². The number of fused-ring (bicyclic) bond motifs is 1. The minimum Gasteiger partial charge on any atom is -0.352 e. The van der Waals surface area contributed by atoms with Crippen LogP contribution in [0.25, 0.3) is 10.9 Å². The Morgan fingerprint density at radius 1 is 1.32 bits per heavy atom. The number of carbonyl (C=O) groups is 1. The van der Waals surface area contributed by atoms with E-state index in [1.54, 1.807) is 22.9 Å². The van der Waals surface area contributed by atoms with Gasteiger partial charge in [0, 0.05) is 25.2 Å². The molecule has 1 N–H and O–H groups in total. The van der Waals surface area contributed by atoms with E-state index in [1.165, 1.54) is 0 Å². The average Bonchev–Trinajstić information content (AvgIpc) is 2.40. The number of para-hydroxylation sites is 1. The number of amides is 1. The highest BCUT2D eigenvalue weighted by atomic mass is 16.2. The maximum atomic E-state index is 12.3. The molecule has 0 radical (unpaired) electrons. The first-order chi connectivity index (χ1) is 9.00. The molecule has 0 spiro atoms. The summed E-state index contributed by atoms with van der Waals surface area (Å²) in [6.07, 6.45) is 1.60. The second kappa shape index (κ2) is 5.26. The number of benzene rings is 1. The van der Waals surface area contributed by atoms with Gasteiger partial charge in [-0.25, -0.2) is 0 Å². The SMILES string of the molecule is CC(C)CNC(=O)c1cn(C)c2ccccc2c1=O. The lowest BCUT2D eigenvalue weighted by Crippen LogP contribution is -2.32. The Balaban J connectivity index is 2.47. The molecule has 1 aromatic heterocycles. The quantitative estimate of drug-likeness (QED) is 0.914. The zero-order chi connectivity index (χ0) is 14.0. The molecule has 1 aromatic carbocycles. The maximum Gasteiger partial charge on any atom is 0.256 e. The summed E-state index contributed by atoms with van der Waals surface area (Å²) in [5.41, 5.74) is 0.810. The second-order valence-electron chi connectivity index (χ2n) is 5.10. The monoisotopic (exact) mass is 258 g/mol. The van der Waals surface area contributed by atoms with Gasteiger partial charge in [0.2, 0.25) is 5.43 Å². The van der Waals surface area contributed by atoms with Crippen LogP contribution in [0.15, 0.2) is 35.3 Å². The summed E-state index contributed by atoms with van der Waals surface area (Å²) in [6, 6.07) is 7.29. The smallest absolute Gasteiger partial charge is 0.256 e. The van der Waals surface area contributed by atoms with Crippen molar-refractivity contribution in [2.75, 3.05) is 6.54 Å². The van der Waals surface area contributed by atoms with Crippen molar-refractivity contribution in [1.29, 1.82) is 0 Å². The Hall–Kier alpha value is -2.10. The molecule has 0 bridgehead atoms. The molecule has 2 aromatic rings. The van der Waals surface area contributed by atoms with E-state index >= 15 is 0 Å². The highest BCUT2D eigenvalue weighted by Gasteiger charge is 2.14. The molecular weight excluding hydrogens is 240 g/mol. The van der Waals surface area contributed by atoms with Crippen LogP contribution in [0.1, 0.15) is 24.2 Å². The third kappa shape index (κ3) is 2.67. The molecule has 0 aliphatic heterocycles. The first-order valence-electron chi connectivity index (χ1n) is 6.37. The van der Waals surface area contributed by atoms with E-state index in [2.05, 4.69) is 5.32 Å². The van der Waals surface area contributed by atoms with Crippen molar-refractivity contribution in [1.82, 2.24) is 9.88 Å². The van der Waals surface area contributed by atoms with Crippen molar-refractivity contribution in [2.24, 2.45) is 13.0 Å². The molecule has 2 rings (SSSR count). The van der Waals surface area contributed by atoms with Crippen molar-refractivity contribution in [3.8, 4) is 0 Å². The second-order valence-corrected chi connectivity index (χ2v) is 5.10. The topological polar surface area (TPSA) is 51.1 Å². The summed E-state index contributed by atoms with van der Waals surface area (Å²) < 4.78 is 1.81. The lowest BCUT2D eigenvalue weighted by Gasteiger charge is -2.10. The van der Waals surface area contributed by atoms with Gasteiger partial charge in [-0.1, -0.05) is 26.0 Å². The van der Waals surface area contributed by atoms with Gasteiger partial charge in [-0.05, 0) is 18.1 Å². The fraction of sp³-hybridized carbons (Fsp3) is 0.333. The van der Waals surface area contributed by atoms with Gasteiger partial charge in [-0.15, -0.1) is 0 Å². The van der Waals surface area contributed by atoms with Gasteiger partial charge < -0.3 is 9.88 Å². The zero-order valence-electron chi connectivity index (χ0n) is 11.4. The van der Waals surface area contributed by atoms with Crippen LogP contribution in [0.3, 0.4) is 0 Å². The fourth-order valence-corrected chi connectivity index (χ4v) is 1.99. The summed E-state index contributed by atoms with van der Waals surface area (Å²) in [5, 5.41) is 3.35. The minimum absolute atomic E-state index is 0.196. The lowest BCUT2D eigenvalue weighted by atomic mass is 10.1. The average molecular weight is 258 g/mol. The summed E-state index contributed by atoms with van der Waals surface area (Å²) in [6.45, 7) is 4.59. The van der Waals surface area contributed by atoms with Gasteiger partial charge in [0.05, 0.1) is 5.52 Å².